The number of carbonyl (C=O) groups excluding carboxylic acids is 1. The number of hydrogen-bond donors (Lipinski definition) is 1. The van der Waals surface area contributed by atoms with Crippen molar-refractivity contribution in [3.63, 3.8) is 0 Å². The molecule has 0 bridgehead atoms. The Kier molecular flexibility index (Phi) is 5.37. The van der Waals surface area contributed by atoms with Crippen LogP contribution in [-0.2, 0) is 10.8 Å². The minimum absolute atomic E-state index is 0.168. The molecule has 1 N–H and O–H groups in total. The van der Waals surface area contributed by atoms with Crippen LogP contribution in [0.1, 0.15) is 17.3 Å². The highest BCUT2D eigenvalue weighted by Gasteiger charge is 2.25. The second-order valence-electron chi connectivity index (χ2n) is 3.87. The van der Waals surface area contributed by atoms with E-state index in [9.17, 15) is 19.1 Å². The van der Waals surface area contributed by atoms with E-state index in [2.05, 4.69) is 10.3 Å². The van der Waals surface area contributed by atoms with Gasteiger partial charge >= 0.3 is 5.69 Å². The van der Waals surface area contributed by atoms with Crippen LogP contribution in [-0.4, -0.2) is 38.1 Å². The van der Waals surface area contributed by atoms with Gasteiger partial charge in [-0.2, -0.15) is 0 Å². The molecule has 1 heterocycles. The molecule has 7 nitrogen and oxygen atoms in total. The van der Waals surface area contributed by atoms with Crippen molar-refractivity contribution < 1.29 is 13.9 Å². The number of aromatic nitrogens is 1. The maximum Gasteiger partial charge on any atom is 0.319 e. The molecular formula is C10H12ClN3O4S. The van der Waals surface area contributed by atoms with Crippen LogP contribution < -0.4 is 5.32 Å². The van der Waals surface area contributed by atoms with Crippen LogP contribution in [0.2, 0.25) is 5.15 Å². The van der Waals surface area contributed by atoms with E-state index in [0.29, 0.717) is 0 Å². The van der Waals surface area contributed by atoms with Crippen LogP contribution >= 0.6 is 11.6 Å². The second kappa shape index (κ2) is 6.58. The zero-order valence-electron chi connectivity index (χ0n) is 10.3. The van der Waals surface area contributed by atoms with Gasteiger partial charge in [0.1, 0.15) is 5.56 Å². The fourth-order valence-corrected chi connectivity index (χ4v) is 2.50. The Bertz CT molecular complexity index is 538. The average Bonchev–Trinajstić information content (AvgIpc) is 2.26. The fourth-order valence-electron chi connectivity index (χ4n) is 1.48. The van der Waals surface area contributed by atoms with Crippen molar-refractivity contribution in [3.8, 4) is 0 Å². The molecule has 1 amide bonds. The maximum atomic E-state index is 11.9. The normalized spacial score (nSPS) is 13.6. The quantitative estimate of drug-likeness (QED) is 0.499. The first-order valence-electron chi connectivity index (χ1n) is 5.22. The van der Waals surface area contributed by atoms with E-state index in [1.165, 1.54) is 18.5 Å². The summed E-state index contributed by atoms with van der Waals surface area (Å²) in [6.07, 6.45) is 2.72. The first-order valence-corrected chi connectivity index (χ1v) is 7.33. The third kappa shape index (κ3) is 4.25. The molecule has 2 unspecified atom stereocenters. The summed E-state index contributed by atoms with van der Waals surface area (Å²) in [6, 6.07) is 0.847. The largest absolute Gasteiger partial charge is 0.348 e. The zero-order chi connectivity index (χ0) is 14.6. The third-order valence-electron chi connectivity index (χ3n) is 2.17. The Labute approximate surface area is 117 Å². The summed E-state index contributed by atoms with van der Waals surface area (Å²) in [4.78, 5) is 25.6. The maximum absolute atomic E-state index is 11.9. The Hall–Kier alpha value is -1.54. The van der Waals surface area contributed by atoms with Gasteiger partial charge in [-0.15, -0.1) is 0 Å². The minimum atomic E-state index is -1.07. The van der Waals surface area contributed by atoms with Crippen molar-refractivity contribution in [1.82, 2.24) is 10.3 Å². The van der Waals surface area contributed by atoms with E-state index in [1.807, 2.05) is 0 Å². The van der Waals surface area contributed by atoms with Crippen molar-refractivity contribution >= 4 is 34.0 Å². The van der Waals surface area contributed by atoms with Gasteiger partial charge in [0.15, 0.2) is 0 Å². The van der Waals surface area contributed by atoms with Crippen LogP contribution in [0.25, 0.3) is 0 Å². The Morgan fingerprint density at radius 2 is 2.32 bits per heavy atom. The van der Waals surface area contributed by atoms with Crippen LogP contribution in [0.3, 0.4) is 0 Å². The van der Waals surface area contributed by atoms with Gasteiger partial charge in [0, 0.05) is 35.0 Å². The van der Waals surface area contributed by atoms with Crippen LogP contribution in [0.4, 0.5) is 5.69 Å². The van der Waals surface area contributed by atoms with E-state index < -0.39 is 27.3 Å². The number of halogens is 1. The average molecular weight is 306 g/mol. The van der Waals surface area contributed by atoms with Crippen molar-refractivity contribution in [2.24, 2.45) is 0 Å². The monoisotopic (exact) mass is 305 g/mol. The zero-order valence-corrected chi connectivity index (χ0v) is 11.8. The molecular weight excluding hydrogens is 294 g/mol. The number of rotatable bonds is 5. The lowest BCUT2D eigenvalue weighted by Gasteiger charge is -2.12. The van der Waals surface area contributed by atoms with E-state index in [-0.39, 0.29) is 22.5 Å². The molecule has 19 heavy (non-hydrogen) atoms. The number of hydrogen-bond acceptors (Lipinski definition) is 5. The van der Waals surface area contributed by atoms with Crippen molar-refractivity contribution in [3.05, 3.63) is 33.1 Å². The van der Waals surface area contributed by atoms with E-state index >= 15 is 0 Å². The molecule has 2 atom stereocenters. The molecule has 1 aromatic heterocycles. The van der Waals surface area contributed by atoms with E-state index in [4.69, 9.17) is 11.6 Å². The van der Waals surface area contributed by atoms with Gasteiger partial charge in [-0.1, -0.05) is 11.6 Å². The highest BCUT2D eigenvalue weighted by Crippen LogP contribution is 2.25. The topological polar surface area (TPSA) is 102 Å². The first-order chi connectivity index (χ1) is 8.82. The SMILES string of the molecule is CC(CS(C)=O)NC(=O)c1ccnc(Cl)c1[N+](=O)[O-]. The van der Waals surface area contributed by atoms with Gasteiger partial charge in [0.05, 0.1) is 4.92 Å². The van der Waals surface area contributed by atoms with E-state index in [0.717, 1.165) is 0 Å². The molecule has 0 saturated carbocycles. The summed E-state index contributed by atoms with van der Waals surface area (Å²) in [5.74, 6) is -0.382. The highest BCUT2D eigenvalue weighted by molar-refractivity contribution is 7.84. The standard InChI is InChI=1S/C10H12ClN3O4S/c1-6(5-19(2)18)13-10(15)7-3-4-12-9(11)8(7)14(16)17/h3-4,6H,5H2,1-2H3,(H,13,15). The molecule has 1 rings (SSSR count). The molecule has 0 saturated heterocycles. The van der Waals surface area contributed by atoms with Gasteiger partial charge in [-0.05, 0) is 13.0 Å². The van der Waals surface area contributed by atoms with Gasteiger partial charge in [-0.25, -0.2) is 4.98 Å². The van der Waals surface area contributed by atoms with Crippen LogP contribution in [0.15, 0.2) is 12.3 Å². The van der Waals surface area contributed by atoms with Crippen molar-refractivity contribution in [2.45, 2.75) is 13.0 Å². The van der Waals surface area contributed by atoms with Gasteiger partial charge < -0.3 is 5.32 Å². The molecule has 0 aliphatic rings. The summed E-state index contributed by atoms with van der Waals surface area (Å²) in [5, 5.41) is 13.0. The van der Waals surface area contributed by atoms with Gasteiger partial charge in [0.25, 0.3) is 5.91 Å². The highest BCUT2D eigenvalue weighted by atomic mass is 35.5. The summed E-state index contributed by atoms with van der Waals surface area (Å²) in [5.41, 5.74) is -0.703. The minimum Gasteiger partial charge on any atom is -0.348 e. The third-order valence-corrected chi connectivity index (χ3v) is 3.42. The van der Waals surface area contributed by atoms with Crippen LogP contribution in [0, 0.1) is 10.1 Å². The fraction of sp³-hybridized carbons (Fsp3) is 0.400. The smallest absolute Gasteiger partial charge is 0.319 e. The van der Waals surface area contributed by atoms with Gasteiger partial charge in [-0.3, -0.25) is 19.1 Å². The molecule has 0 aliphatic heterocycles. The predicted octanol–water partition coefficient (Wildman–Crippen LogP) is 1.14. The number of amides is 1. The summed E-state index contributed by atoms with van der Waals surface area (Å²) in [7, 11) is -1.07. The Morgan fingerprint density at radius 3 is 2.84 bits per heavy atom. The molecule has 0 aromatic carbocycles. The number of nitrogens with zero attached hydrogens (tertiary/aromatic N) is 2. The number of carbonyl (C=O) groups is 1. The number of pyridine rings is 1. The molecule has 104 valence electrons. The molecule has 0 spiro atoms. The van der Waals surface area contributed by atoms with E-state index in [1.54, 1.807) is 6.92 Å². The summed E-state index contributed by atoms with van der Waals surface area (Å²) in [6.45, 7) is 1.66. The van der Waals surface area contributed by atoms with Crippen LogP contribution in [0.5, 0.6) is 0 Å². The predicted molar refractivity (Wildman–Crippen MR) is 71.8 cm³/mol. The molecule has 9 heteroatoms. The lowest BCUT2D eigenvalue weighted by molar-refractivity contribution is -0.385. The summed E-state index contributed by atoms with van der Waals surface area (Å²) >= 11 is 5.61. The van der Waals surface area contributed by atoms with Crippen molar-refractivity contribution in [1.29, 1.82) is 0 Å². The molecule has 1 aromatic rings. The molecule has 0 aliphatic carbocycles. The Morgan fingerprint density at radius 1 is 1.68 bits per heavy atom. The van der Waals surface area contributed by atoms with Gasteiger partial charge in [0.2, 0.25) is 5.15 Å². The second-order valence-corrected chi connectivity index (χ2v) is 5.71. The lowest BCUT2D eigenvalue weighted by atomic mass is 10.2. The Balaban J connectivity index is 2.97. The lowest BCUT2D eigenvalue weighted by Crippen LogP contribution is -2.36. The molecule has 0 fully saturated rings. The first kappa shape index (κ1) is 15.5. The molecule has 0 radical (unpaired) electrons. The number of nitrogens with one attached hydrogen (secondary N) is 1. The number of nitro groups is 1. The summed E-state index contributed by atoms with van der Waals surface area (Å²) < 4.78 is 11.0. The van der Waals surface area contributed by atoms with Crippen molar-refractivity contribution in [2.75, 3.05) is 12.0 Å².